The molecule has 1 heterocycles. The minimum atomic E-state index is -0.0953. The normalized spacial score (nSPS) is 35.5. The minimum Gasteiger partial charge on any atom is -0.468 e. The van der Waals surface area contributed by atoms with Crippen molar-refractivity contribution in [3.05, 3.63) is 0 Å². The Morgan fingerprint density at radius 1 is 1.31 bits per heavy atom. The van der Waals surface area contributed by atoms with Crippen LogP contribution in [0.3, 0.4) is 0 Å². The molecule has 0 spiro atoms. The molecule has 1 saturated heterocycles. The second kappa shape index (κ2) is 5.15. The van der Waals surface area contributed by atoms with Crippen molar-refractivity contribution in [3.63, 3.8) is 0 Å². The first-order valence-electron chi connectivity index (χ1n) is 6.20. The second-order valence-electron chi connectivity index (χ2n) is 5.00. The maximum absolute atomic E-state index is 11.4. The van der Waals surface area contributed by atoms with E-state index in [1.807, 2.05) is 0 Å². The fraction of sp³-hybridized carbons (Fsp3) is 0.917. The van der Waals surface area contributed by atoms with E-state index in [4.69, 9.17) is 4.74 Å². The highest BCUT2D eigenvalue weighted by atomic mass is 16.5. The molecule has 0 aromatic carbocycles. The number of methoxy groups -OCH3 is 1. The van der Waals surface area contributed by atoms with E-state index >= 15 is 0 Å². The number of carbonyl (C=O) groups excluding carboxylic acids is 1. The lowest BCUT2D eigenvalue weighted by Crippen LogP contribution is -2.54. The van der Waals surface area contributed by atoms with Gasteiger partial charge < -0.3 is 9.84 Å². The summed E-state index contributed by atoms with van der Waals surface area (Å²) in [6.07, 6.45) is 4.85. The molecule has 2 fully saturated rings. The lowest BCUT2D eigenvalue weighted by atomic mass is 9.86. The van der Waals surface area contributed by atoms with Crippen LogP contribution >= 0.6 is 0 Å². The van der Waals surface area contributed by atoms with Crippen LogP contribution in [0.1, 0.15) is 32.1 Å². The Morgan fingerprint density at radius 2 is 2.00 bits per heavy atom. The second-order valence-corrected chi connectivity index (χ2v) is 5.00. The summed E-state index contributed by atoms with van der Waals surface area (Å²) in [5.74, 6) is 0.554. The van der Waals surface area contributed by atoms with Gasteiger partial charge >= 0.3 is 5.97 Å². The fourth-order valence-electron chi connectivity index (χ4n) is 2.72. The van der Waals surface area contributed by atoms with Crippen LogP contribution < -0.4 is 0 Å². The van der Waals surface area contributed by atoms with Gasteiger partial charge in [-0.05, 0) is 38.0 Å². The molecule has 1 N–H and O–H groups in total. The van der Waals surface area contributed by atoms with Crippen molar-refractivity contribution in [2.45, 2.75) is 44.2 Å². The van der Waals surface area contributed by atoms with Crippen LogP contribution in [0.15, 0.2) is 0 Å². The number of aliphatic hydroxyl groups excluding tert-OH is 1. The molecule has 0 bridgehead atoms. The number of esters is 1. The van der Waals surface area contributed by atoms with Crippen molar-refractivity contribution in [3.8, 4) is 0 Å². The molecule has 1 saturated carbocycles. The summed E-state index contributed by atoms with van der Waals surface area (Å²) in [5.41, 5.74) is 0. The number of ether oxygens (including phenoxy) is 1. The number of nitrogens with zero attached hydrogens (tertiary/aromatic N) is 1. The van der Waals surface area contributed by atoms with Crippen molar-refractivity contribution in [2.75, 3.05) is 20.2 Å². The third kappa shape index (κ3) is 2.55. The minimum absolute atomic E-state index is 0.00292. The van der Waals surface area contributed by atoms with Gasteiger partial charge in [-0.15, -0.1) is 0 Å². The molecular formula is C12H21NO3. The Morgan fingerprint density at radius 3 is 2.50 bits per heavy atom. The van der Waals surface area contributed by atoms with Crippen LogP contribution in [-0.4, -0.2) is 48.3 Å². The van der Waals surface area contributed by atoms with Crippen LogP contribution in [-0.2, 0) is 9.53 Å². The number of aliphatic hydroxyl groups is 1. The summed E-state index contributed by atoms with van der Waals surface area (Å²) >= 11 is 0. The van der Waals surface area contributed by atoms with E-state index in [-0.39, 0.29) is 18.1 Å². The number of hydrogen-bond donors (Lipinski definition) is 1. The van der Waals surface area contributed by atoms with E-state index in [1.165, 1.54) is 7.11 Å². The quantitative estimate of drug-likeness (QED) is 0.724. The molecule has 0 amide bonds. The summed E-state index contributed by atoms with van der Waals surface area (Å²) in [6.45, 7) is 2.01. The number of hydrogen-bond acceptors (Lipinski definition) is 4. The SMILES string of the molecule is COC(=O)C1CCN1CC1CCC(O)CC1. The van der Waals surface area contributed by atoms with E-state index < -0.39 is 0 Å². The highest BCUT2D eigenvalue weighted by Gasteiger charge is 2.36. The van der Waals surface area contributed by atoms with Gasteiger partial charge in [-0.3, -0.25) is 9.69 Å². The maximum atomic E-state index is 11.4. The Bertz CT molecular complexity index is 249. The fourth-order valence-corrected chi connectivity index (χ4v) is 2.72. The molecule has 16 heavy (non-hydrogen) atoms. The molecule has 0 radical (unpaired) electrons. The zero-order valence-electron chi connectivity index (χ0n) is 9.89. The first-order chi connectivity index (χ1) is 7.70. The standard InChI is InChI=1S/C12H21NO3/c1-16-12(15)11-6-7-13(11)8-9-2-4-10(14)5-3-9/h9-11,14H,2-8H2,1H3. The molecule has 4 nitrogen and oxygen atoms in total. The van der Waals surface area contributed by atoms with Gasteiger partial charge in [-0.25, -0.2) is 0 Å². The maximum Gasteiger partial charge on any atom is 0.323 e. The monoisotopic (exact) mass is 227 g/mol. The van der Waals surface area contributed by atoms with E-state index in [1.54, 1.807) is 0 Å². The largest absolute Gasteiger partial charge is 0.468 e. The molecule has 0 aromatic rings. The third-order valence-electron chi connectivity index (χ3n) is 3.91. The Kier molecular flexibility index (Phi) is 3.82. The van der Waals surface area contributed by atoms with Gasteiger partial charge in [0.05, 0.1) is 13.2 Å². The zero-order valence-corrected chi connectivity index (χ0v) is 9.89. The molecule has 2 rings (SSSR count). The van der Waals surface area contributed by atoms with Gasteiger partial charge in [-0.1, -0.05) is 0 Å². The highest BCUT2D eigenvalue weighted by molar-refractivity contribution is 5.76. The van der Waals surface area contributed by atoms with Crippen LogP contribution in [0.2, 0.25) is 0 Å². The Labute approximate surface area is 96.6 Å². The summed E-state index contributed by atoms with van der Waals surface area (Å²) in [5, 5.41) is 9.42. The van der Waals surface area contributed by atoms with Crippen LogP contribution in [0, 0.1) is 5.92 Å². The molecule has 0 aromatic heterocycles. The molecule has 1 aliphatic carbocycles. The lowest BCUT2D eigenvalue weighted by molar-refractivity contribution is -0.152. The van der Waals surface area contributed by atoms with Gasteiger partial charge in [0.2, 0.25) is 0 Å². The van der Waals surface area contributed by atoms with Gasteiger partial charge in [0, 0.05) is 13.1 Å². The van der Waals surface area contributed by atoms with Crippen LogP contribution in [0.4, 0.5) is 0 Å². The summed E-state index contributed by atoms with van der Waals surface area (Å²) in [6, 6.07) is -0.00292. The van der Waals surface area contributed by atoms with Crippen LogP contribution in [0.25, 0.3) is 0 Å². The van der Waals surface area contributed by atoms with E-state index in [9.17, 15) is 9.90 Å². The van der Waals surface area contributed by atoms with Crippen molar-refractivity contribution in [1.82, 2.24) is 4.90 Å². The van der Waals surface area contributed by atoms with Crippen molar-refractivity contribution < 1.29 is 14.6 Å². The van der Waals surface area contributed by atoms with Crippen molar-refractivity contribution in [1.29, 1.82) is 0 Å². The zero-order chi connectivity index (χ0) is 11.5. The molecule has 4 heteroatoms. The average Bonchev–Trinajstić information content (AvgIpc) is 2.26. The van der Waals surface area contributed by atoms with Gasteiger partial charge in [0.1, 0.15) is 6.04 Å². The highest BCUT2D eigenvalue weighted by Crippen LogP contribution is 2.28. The Balaban J connectivity index is 1.75. The van der Waals surface area contributed by atoms with Crippen molar-refractivity contribution >= 4 is 5.97 Å². The van der Waals surface area contributed by atoms with E-state index in [0.29, 0.717) is 5.92 Å². The summed E-state index contributed by atoms with van der Waals surface area (Å²) in [7, 11) is 1.45. The third-order valence-corrected chi connectivity index (χ3v) is 3.91. The first kappa shape index (κ1) is 11.9. The molecule has 2 aliphatic rings. The Hall–Kier alpha value is -0.610. The molecule has 1 aliphatic heterocycles. The lowest BCUT2D eigenvalue weighted by Gasteiger charge is -2.41. The van der Waals surface area contributed by atoms with E-state index in [2.05, 4.69) is 4.90 Å². The topological polar surface area (TPSA) is 49.8 Å². The van der Waals surface area contributed by atoms with Crippen molar-refractivity contribution in [2.24, 2.45) is 5.92 Å². The number of likely N-dealkylation sites (tertiary alicyclic amines) is 1. The van der Waals surface area contributed by atoms with Crippen LogP contribution in [0.5, 0.6) is 0 Å². The summed E-state index contributed by atoms with van der Waals surface area (Å²) < 4.78 is 4.77. The number of carbonyl (C=O) groups is 1. The summed E-state index contributed by atoms with van der Waals surface area (Å²) in [4.78, 5) is 13.6. The molecular weight excluding hydrogens is 206 g/mol. The van der Waals surface area contributed by atoms with Gasteiger partial charge in [-0.2, -0.15) is 0 Å². The van der Waals surface area contributed by atoms with Gasteiger partial charge in [0.25, 0.3) is 0 Å². The predicted molar refractivity (Wildman–Crippen MR) is 60.0 cm³/mol. The van der Waals surface area contributed by atoms with E-state index in [0.717, 1.165) is 45.2 Å². The average molecular weight is 227 g/mol. The number of rotatable bonds is 3. The molecule has 92 valence electrons. The first-order valence-corrected chi connectivity index (χ1v) is 6.20. The molecule has 1 unspecified atom stereocenters. The molecule has 1 atom stereocenters. The van der Waals surface area contributed by atoms with Gasteiger partial charge in [0.15, 0.2) is 0 Å². The smallest absolute Gasteiger partial charge is 0.323 e. The predicted octanol–water partition coefficient (Wildman–Crippen LogP) is 0.785.